The third-order valence-corrected chi connectivity index (χ3v) is 2.54. The Hall–Kier alpha value is -1.20. The molecule has 104 valence electrons. The lowest BCUT2D eigenvalue weighted by Crippen LogP contribution is -2.11. The third kappa shape index (κ3) is 3.65. The second-order valence-corrected chi connectivity index (χ2v) is 3.54. The third-order valence-electron chi connectivity index (χ3n) is 2.54. The average molecular weight is 280 g/mol. The number of rotatable bonds is 6. The molecule has 1 aromatic carbocycles. The molecule has 0 heterocycles. The summed E-state index contributed by atoms with van der Waals surface area (Å²) < 4.78 is 27.8. The van der Waals surface area contributed by atoms with E-state index in [4.69, 9.17) is 19.9 Å². The molecule has 0 saturated carbocycles. The summed E-state index contributed by atoms with van der Waals surface area (Å²) in [5, 5.41) is 0. The van der Waals surface area contributed by atoms with Gasteiger partial charge in [-0.3, -0.25) is 4.39 Å². The van der Waals surface area contributed by atoms with Crippen molar-refractivity contribution in [2.75, 3.05) is 28.0 Å². The fraction of sp³-hybridized carbons (Fsp3) is 0.500. The van der Waals surface area contributed by atoms with Crippen LogP contribution in [0.5, 0.6) is 17.2 Å². The molecule has 4 nitrogen and oxygen atoms in total. The lowest BCUT2D eigenvalue weighted by molar-refractivity contribution is 0.323. The van der Waals surface area contributed by atoms with Crippen LogP contribution in [0.3, 0.4) is 0 Å². The molecule has 0 fully saturated rings. The first-order valence-corrected chi connectivity index (χ1v) is 5.29. The molecule has 2 N–H and O–H groups in total. The second-order valence-electron chi connectivity index (χ2n) is 3.54. The molecule has 0 aliphatic rings. The molecule has 0 saturated heterocycles. The van der Waals surface area contributed by atoms with E-state index >= 15 is 0 Å². The monoisotopic (exact) mass is 279 g/mol. The topological polar surface area (TPSA) is 53.7 Å². The highest BCUT2D eigenvalue weighted by Gasteiger charge is 2.16. The molecule has 6 heteroatoms. The summed E-state index contributed by atoms with van der Waals surface area (Å²) in [6.45, 7) is -0.460. The maximum atomic E-state index is 12.3. The average Bonchev–Trinajstić information content (AvgIpc) is 2.37. The normalized spacial score (nSPS) is 11.4. The zero-order valence-electron chi connectivity index (χ0n) is 10.7. The van der Waals surface area contributed by atoms with E-state index in [9.17, 15) is 4.39 Å². The molecular formula is C12H19ClFNO3. The zero-order valence-corrected chi connectivity index (χ0v) is 11.6. The van der Waals surface area contributed by atoms with E-state index in [0.717, 1.165) is 5.56 Å². The number of hydrogen-bond donors (Lipinski definition) is 1. The Balaban J connectivity index is 0.00000289. The molecule has 1 rings (SSSR count). The first-order chi connectivity index (χ1) is 8.17. The molecule has 0 bridgehead atoms. The Morgan fingerprint density at radius 3 is 1.94 bits per heavy atom. The van der Waals surface area contributed by atoms with Gasteiger partial charge in [-0.05, 0) is 24.1 Å². The summed E-state index contributed by atoms with van der Waals surface area (Å²) in [4.78, 5) is 0. The van der Waals surface area contributed by atoms with Crippen molar-refractivity contribution < 1.29 is 18.6 Å². The van der Waals surface area contributed by atoms with Crippen molar-refractivity contribution in [1.29, 1.82) is 0 Å². The summed E-state index contributed by atoms with van der Waals surface area (Å²) >= 11 is 0. The van der Waals surface area contributed by atoms with Gasteiger partial charge in [0.15, 0.2) is 11.5 Å². The van der Waals surface area contributed by atoms with E-state index in [1.165, 1.54) is 21.3 Å². The Labute approximate surface area is 113 Å². The smallest absolute Gasteiger partial charge is 0.203 e. The predicted molar refractivity (Wildman–Crippen MR) is 70.9 cm³/mol. The van der Waals surface area contributed by atoms with Gasteiger partial charge in [-0.1, -0.05) is 0 Å². The van der Waals surface area contributed by atoms with E-state index in [1.807, 2.05) is 0 Å². The highest BCUT2D eigenvalue weighted by atomic mass is 35.5. The van der Waals surface area contributed by atoms with E-state index < -0.39 is 6.67 Å². The van der Waals surface area contributed by atoms with Crippen molar-refractivity contribution >= 4 is 12.4 Å². The molecule has 0 unspecified atom stereocenters. The molecule has 0 aromatic heterocycles. The van der Waals surface area contributed by atoms with E-state index in [2.05, 4.69) is 0 Å². The summed E-state index contributed by atoms with van der Waals surface area (Å²) in [5.41, 5.74) is 6.61. The van der Waals surface area contributed by atoms with Crippen molar-refractivity contribution in [2.45, 2.75) is 12.5 Å². The van der Waals surface area contributed by atoms with Crippen molar-refractivity contribution in [2.24, 2.45) is 5.73 Å². The maximum absolute atomic E-state index is 12.3. The molecule has 18 heavy (non-hydrogen) atoms. The van der Waals surface area contributed by atoms with Crippen LogP contribution in [0.4, 0.5) is 4.39 Å². The Morgan fingerprint density at radius 2 is 1.61 bits per heavy atom. The summed E-state index contributed by atoms with van der Waals surface area (Å²) in [7, 11) is 4.59. The number of nitrogens with two attached hydrogens (primary N) is 1. The number of hydrogen-bond acceptors (Lipinski definition) is 4. The number of ether oxygens (including phenoxy) is 3. The second kappa shape index (κ2) is 8.00. The van der Waals surface area contributed by atoms with Crippen LogP contribution in [-0.2, 0) is 0 Å². The van der Waals surface area contributed by atoms with Crippen molar-refractivity contribution in [3.63, 3.8) is 0 Å². The van der Waals surface area contributed by atoms with Crippen LogP contribution in [-0.4, -0.2) is 28.0 Å². The minimum Gasteiger partial charge on any atom is -0.493 e. The Bertz CT molecular complexity index is 351. The minimum absolute atomic E-state index is 0. The minimum atomic E-state index is -0.460. The van der Waals surface area contributed by atoms with Gasteiger partial charge in [0.1, 0.15) is 0 Å². The zero-order chi connectivity index (χ0) is 12.8. The number of halogens is 2. The van der Waals surface area contributed by atoms with E-state index in [-0.39, 0.29) is 24.9 Å². The van der Waals surface area contributed by atoms with Crippen LogP contribution >= 0.6 is 12.4 Å². The van der Waals surface area contributed by atoms with Gasteiger partial charge in [0.2, 0.25) is 5.75 Å². The van der Waals surface area contributed by atoms with E-state index in [0.29, 0.717) is 17.2 Å². The van der Waals surface area contributed by atoms with Crippen molar-refractivity contribution in [3.05, 3.63) is 17.7 Å². The Morgan fingerprint density at radius 1 is 1.11 bits per heavy atom. The van der Waals surface area contributed by atoms with Gasteiger partial charge < -0.3 is 19.9 Å². The quantitative estimate of drug-likeness (QED) is 0.869. The van der Waals surface area contributed by atoms with E-state index in [1.54, 1.807) is 12.1 Å². The lowest BCUT2D eigenvalue weighted by Gasteiger charge is -2.16. The Kier molecular flexibility index (Phi) is 7.47. The van der Waals surface area contributed by atoms with Gasteiger partial charge in [0, 0.05) is 6.04 Å². The van der Waals surface area contributed by atoms with Crippen LogP contribution in [0, 0.1) is 0 Å². The van der Waals surface area contributed by atoms with Crippen LogP contribution < -0.4 is 19.9 Å². The number of methoxy groups -OCH3 is 3. The van der Waals surface area contributed by atoms with Crippen LogP contribution in [0.25, 0.3) is 0 Å². The van der Waals surface area contributed by atoms with Crippen molar-refractivity contribution in [1.82, 2.24) is 0 Å². The predicted octanol–water partition coefficient (Wildman–Crippen LogP) is 2.49. The summed E-state index contributed by atoms with van der Waals surface area (Å²) in [6.07, 6.45) is 0.263. The lowest BCUT2D eigenvalue weighted by atomic mass is 10.0. The summed E-state index contributed by atoms with van der Waals surface area (Å²) in [6, 6.07) is 3.09. The van der Waals surface area contributed by atoms with Crippen LogP contribution in [0.15, 0.2) is 12.1 Å². The largest absolute Gasteiger partial charge is 0.493 e. The van der Waals surface area contributed by atoms with Gasteiger partial charge in [-0.2, -0.15) is 0 Å². The summed E-state index contributed by atoms with van der Waals surface area (Å²) in [5.74, 6) is 1.55. The fourth-order valence-electron chi connectivity index (χ4n) is 1.60. The first kappa shape index (κ1) is 16.8. The van der Waals surface area contributed by atoms with Crippen LogP contribution in [0.2, 0.25) is 0 Å². The maximum Gasteiger partial charge on any atom is 0.203 e. The van der Waals surface area contributed by atoms with Gasteiger partial charge in [0.25, 0.3) is 0 Å². The molecule has 1 aromatic rings. The van der Waals surface area contributed by atoms with Crippen molar-refractivity contribution in [3.8, 4) is 17.2 Å². The first-order valence-electron chi connectivity index (χ1n) is 5.29. The molecule has 1 atom stereocenters. The SMILES string of the molecule is COc1cc([C@@H](N)CCF)cc(OC)c1OC.Cl. The molecule has 0 aliphatic heterocycles. The number of benzene rings is 1. The molecule has 0 radical (unpaired) electrons. The molecule has 0 amide bonds. The van der Waals surface area contributed by atoms with Gasteiger partial charge in [-0.25, -0.2) is 0 Å². The molecule has 0 aliphatic carbocycles. The fourth-order valence-corrected chi connectivity index (χ4v) is 1.60. The van der Waals surface area contributed by atoms with Gasteiger partial charge in [0.05, 0.1) is 28.0 Å². The van der Waals surface area contributed by atoms with Gasteiger partial charge >= 0.3 is 0 Å². The molecule has 0 spiro atoms. The van der Waals surface area contributed by atoms with Gasteiger partial charge in [-0.15, -0.1) is 12.4 Å². The van der Waals surface area contributed by atoms with Crippen LogP contribution in [0.1, 0.15) is 18.0 Å². The standard InChI is InChI=1S/C12H18FNO3.ClH/c1-15-10-6-8(9(14)4-5-13)7-11(16-2)12(10)17-3;/h6-7,9H,4-5,14H2,1-3H3;1H/t9-;/m0./s1. The molecular weight excluding hydrogens is 261 g/mol. The highest BCUT2D eigenvalue weighted by Crippen LogP contribution is 2.39. The number of alkyl halides is 1. The highest BCUT2D eigenvalue weighted by molar-refractivity contribution is 5.85.